The number of carbonyl (C=O) groups excluding carboxylic acids is 2. The second-order valence-corrected chi connectivity index (χ2v) is 5.58. The highest BCUT2D eigenvalue weighted by molar-refractivity contribution is 8.00. The molecule has 96 valence electrons. The smallest absolute Gasteiger partial charge is 0.230 e. The minimum atomic E-state index is 0.0865. The van der Waals surface area contributed by atoms with Gasteiger partial charge in [-0.3, -0.25) is 9.59 Å². The molecule has 1 aliphatic rings. The molecule has 1 N–H and O–H groups in total. The molecular formula is C14H17NO2S. The van der Waals surface area contributed by atoms with Crippen LogP contribution in [0.1, 0.15) is 36.0 Å². The highest BCUT2D eigenvalue weighted by Gasteiger charge is 2.16. The summed E-state index contributed by atoms with van der Waals surface area (Å²) in [4.78, 5) is 23.3. The molecule has 4 heteroatoms. The maximum Gasteiger partial charge on any atom is 0.230 e. The maximum absolute atomic E-state index is 11.7. The number of aldehydes is 1. The number of hydrogen-bond acceptors (Lipinski definition) is 3. The fourth-order valence-corrected chi connectivity index (χ4v) is 2.94. The molecule has 1 aromatic carbocycles. The van der Waals surface area contributed by atoms with Crippen LogP contribution < -0.4 is 5.32 Å². The topological polar surface area (TPSA) is 46.2 Å². The molecule has 1 fully saturated rings. The van der Waals surface area contributed by atoms with Crippen LogP contribution in [0.5, 0.6) is 0 Å². The third-order valence-corrected chi connectivity index (χ3v) is 4.08. The van der Waals surface area contributed by atoms with E-state index >= 15 is 0 Å². The van der Waals surface area contributed by atoms with Crippen molar-refractivity contribution < 1.29 is 9.59 Å². The van der Waals surface area contributed by atoms with Gasteiger partial charge in [0, 0.05) is 16.5 Å². The molecule has 0 aliphatic heterocycles. The minimum absolute atomic E-state index is 0.0865. The van der Waals surface area contributed by atoms with E-state index in [9.17, 15) is 9.59 Å². The Morgan fingerprint density at radius 3 is 2.89 bits per heavy atom. The van der Waals surface area contributed by atoms with E-state index in [-0.39, 0.29) is 5.91 Å². The third kappa shape index (κ3) is 3.88. The van der Waals surface area contributed by atoms with E-state index in [1.54, 1.807) is 12.1 Å². The monoisotopic (exact) mass is 263 g/mol. The number of amides is 1. The van der Waals surface area contributed by atoms with Gasteiger partial charge in [-0.05, 0) is 25.0 Å². The van der Waals surface area contributed by atoms with E-state index in [1.165, 1.54) is 24.6 Å². The third-order valence-electron chi connectivity index (χ3n) is 3.08. The van der Waals surface area contributed by atoms with Gasteiger partial charge in [-0.15, -0.1) is 11.8 Å². The Kier molecular flexibility index (Phi) is 4.81. The lowest BCUT2D eigenvalue weighted by Gasteiger charge is -2.11. The van der Waals surface area contributed by atoms with Crippen molar-refractivity contribution >= 4 is 24.0 Å². The van der Waals surface area contributed by atoms with Gasteiger partial charge in [-0.1, -0.05) is 25.0 Å². The summed E-state index contributed by atoms with van der Waals surface area (Å²) in [5, 5.41) is 3.05. The maximum atomic E-state index is 11.7. The van der Waals surface area contributed by atoms with Crippen molar-refractivity contribution in [3.63, 3.8) is 0 Å². The van der Waals surface area contributed by atoms with Crippen LogP contribution in [0, 0.1) is 0 Å². The van der Waals surface area contributed by atoms with E-state index in [0.717, 1.165) is 24.0 Å². The van der Waals surface area contributed by atoms with E-state index < -0.39 is 0 Å². The van der Waals surface area contributed by atoms with Crippen molar-refractivity contribution in [1.82, 2.24) is 5.32 Å². The molecule has 0 bridgehead atoms. The Morgan fingerprint density at radius 1 is 1.39 bits per heavy atom. The second-order valence-electron chi connectivity index (χ2n) is 4.53. The second kappa shape index (κ2) is 6.59. The van der Waals surface area contributed by atoms with Crippen LogP contribution in [0.3, 0.4) is 0 Å². The van der Waals surface area contributed by atoms with Crippen molar-refractivity contribution in [1.29, 1.82) is 0 Å². The molecule has 0 atom stereocenters. The highest BCUT2D eigenvalue weighted by Crippen LogP contribution is 2.20. The van der Waals surface area contributed by atoms with Crippen LogP contribution in [0.2, 0.25) is 0 Å². The summed E-state index contributed by atoms with van der Waals surface area (Å²) >= 11 is 1.47. The van der Waals surface area contributed by atoms with Gasteiger partial charge in [-0.2, -0.15) is 0 Å². The fraction of sp³-hybridized carbons (Fsp3) is 0.429. The van der Waals surface area contributed by atoms with E-state index in [0.29, 0.717) is 17.4 Å². The highest BCUT2D eigenvalue weighted by atomic mass is 32.2. The van der Waals surface area contributed by atoms with E-state index in [1.807, 2.05) is 12.1 Å². The quantitative estimate of drug-likeness (QED) is 0.656. The Bertz CT molecular complexity index is 428. The Labute approximate surface area is 111 Å². The van der Waals surface area contributed by atoms with E-state index in [2.05, 4.69) is 5.32 Å². The zero-order valence-corrected chi connectivity index (χ0v) is 11.0. The standard InChI is InChI=1S/C14H17NO2S/c16-9-11-4-3-7-13(8-11)18-10-14(17)15-12-5-1-2-6-12/h3-4,7-9,12H,1-2,5-6,10H2,(H,15,17). The lowest BCUT2D eigenvalue weighted by atomic mass is 10.2. The van der Waals surface area contributed by atoms with Crippen LogP contribution in [0.4, 0.5) is 0 Å². The van der Waals surface area contributed by atoms with Gasteiger partial charge in [0.15, 0.2) is 0 Å². The molecule has 0 spiro atoms. The summed E-state index contributed by atoms with van der Waals surface area (Å²) in [5.74, 6) is 0.502. The van der Waals surface area contributed by atoms with Crippen LogP contribution >= 0.6 is 11.8 Å². The molecule has 3 nitrogen and oxygen atoms in total. The minimum Gasteiger partial charge on any atom is -0.353 e. The van der Waals surface area contributed by atoms with Gasteiger partial charge < -0.3 is 5.32 Å². The molecule has 1 aliphatic carbocycles. The molecular weight excluding hydrogens is 246 g/mol. The molecule has 1 aromatic rings. The average molecular weight is 263 g/mol. The molecule has 1 amide bonds. The van der Waals surface area contributed by atoms with Gasteiger partial charge >= 0.3 is 0 Å². The summed E-state index contributed by atoms with van der Waals surface area (Å²) in [6, 6.07) is 7.69. The Balaban J connectivity index is 1.79. The van der Waals surface area contributed by atoms with Crippen molar-refractivity contribution in [3.8, 4) is 0 Å². The Morgan fingerprint density at radius 2 is 2.17 bits per heavy atom. The summed E-state index contributed by atoms with van der Waals surface area (Å²) < 4.78 is 0. The zero-order chi connectivity index (χ0) is 12.8. The number of hydrogen-bond donors (Lipinski definition) is 1. The predicted molar refractivity (Wildman–Crippen MR) is 73.0 cm³/mol. The molecule has 0 unspecified atom stereocenters. The zero-order valence-electron chi connectivity index (χ0n) is 10.2. The first-order valence-corrected chi connectivity index (χ1v) is 7.24. The van der Waals surface area contributed by atoms with Crippen LogP contribution in [0.25, 0.3) is 0 Å². The van der Waals surface area contributed by atoms with Gasteiger partial charge in [0.1, 0.15) is 6.29 Å². The molecule has 0 aromatic heterocycles. The van der Waals surface area contributed by atoms with Crippen molar-refractivity contribution in [2.75, 3.05) is 5.75 Å². The van der Waals surface area contributed by atoms with Gasteiger partial charge in [0.25, 0.3) is 0 Å². The summed E-state index contributed by atoms with van der Waals surface area (Å²) in [6.07, 6.45) is 5.48. The number of thioether (sulfide) groups is 1. The summed E-state index contributed by atoms with van der Waals surface area (Å²) in [6.45, 7) is 0. The van der Waals surface area contributed by atoms with Gasteiger partial charge in [-0.25, -0.2) is 0 Å². The number of carbonyl (C=O) groups is 2. The SMILES string of the molecule is O=Cc1cccc(SCC(=O)NC2CCCC2)c1. The van der Waals surface area contributed by atoms with Gasteiger partial charge in [0.2, 0.25) is 5.91 Å². The number of benzene rings is 1. The molecule has 1 saturated carbocycles. The van der Waals surface area contributed by atoms with Crippen molar-refractivity contribution in [2.45, 2.75) is 36.6 Å². The van der Waals surface area contributed by atoms with Crippen LogP contribution in [-0.2, 0) is 4.79 Å². The van der Waals surface area contributed by atoms with Crippen molar-refractivity contribution in [2.24, 2.45) is 0 Å². The molecule has 2 rings (SSSR count). The first kappa shape index (κ1) is 13.1. The first-order chi connectivity index (χ1) is 8.78. The largest absolute Gasteiger partial charge is 0.353 e. The lowest BCUT2D eigenvalue weighted by Crippen LogP contribution is -2.33. The van der Waals surface area contributed by atoms with Crippen LogP contribution in [-0.4, -0.2) is 24.0 Å². The molecule has 0 heterocycles. The summed E-state index contributed by atoms with van der Waals surface area (Å²) in [7, 11) is 0. The molecule has 0 radical (unpaired) electrons. The van der Waals surface area contributed by atoms with Crippen molar-refractivity contribution in [3.05, 3.63) is 29.8 Å². The lowest BCUT2D eigenvalue weighted by molar-refractivity contribution is -0.119. The molecule has 0 saturated heterocycles. The molecule has 18 heavy (non-hydrogen) atoms. The number of rotatable bonds is 5. The van der Waals surface area contributed by atoms with Gasteiger partial charge in [0.05, 0.1) is 5.75 Å². The number of nitrogens with one attached hydrogen (secondary N) is 1. The normalized spacial score (nSPS) is 15.6. The van der Waals surface area contributed by atoms with Crippen LogP contribution in [0.15, 0.2) is 29.2 Å². The average Bonchev–Trinajstić information content (AvgIpc) is 2.89. The summed E-state index contributed by atoms with van der Waals surface area (Å²) in [5.41, 5.74) is 0.649. The fourth-order valence-electron chi connectivity index (χ4n) is 2.17. The predicted octanol–water partition coefficient (Wildman–Crippen LogP) is 2.65. The first-order valence-electron chi connectivity index (χ1n) is 6.25. The Hall–Kier alpha value is -1.29. The van der Waals surface area contributed by atoms with E-state index in [4.69, 9.17) is 0 Å².